The van der Waals surface area contributed by atoms with Crippen molar-refractivity contribution in [3.05, 3.63) is 53.3 Å². The minimum Gasteiger partial charge on any atom is -0.493 e. The van der Waals surface area contributed by atoms with Crippen LogP contribution in [-0.4, -0.2) is 14.2 Å². The van der Waals surface area contributed by atoms with Crippen LogP contribution in [0.15, 0.2) is 36.4 Å². The Morgan fingerprint density at radius 3 is 2.19 bits per heavy atom. The number of alkyl halides is 1. The molecule has 0 aliphatic heterocycles. The van der Waals surface area contributed by atoms with Crippen molar-refractivity contribution >= 4 is 15.9 Å². The van der Waals surface area contributed by atoms with Gasteiger partial charge in [0.25, 0.3) is 0 Å². The van der Waals surface area contributed by atoms with Crippen LogP contribution in [0.25, 0.3) is 0 Å². The van der Waals surface area contributed by atoms with Gasteiger partial charge in [0.05, 0.1) is 14.2 Å². The molecule has 2 aromatic rings. The Morgan fingerprint density at radius 1 is 1.05 bits per heavy atom. The van der Waals surface area contributed by atoms with Gasteiger partial charge < -0.3 is 14.2 Å². The highest BCUT2D eigenvalue weighted by Gasteiger charge is 2.14. The first-order chi connectivity index (χ1) is 10.2. The highest BCUT2D eigenvalue weighted by molar-refractivity contribution is 9.08. The second-order valence-electron chi connectivity index (χ2n) is 4.34. The van der Waals surface area contributed by atoms with Crippen LogP contribution < -0.4 is 14.2 Å². The van der Waals surface area contributed by atoms with Crippen molar-refractivity contribution in [3.63, 3.8) is 0 Å². The monoisotopic (exact) mass is 354 g/mol. The molecule has 0 aromatic heterocycles. The second-order valence-corrected chi connectivity index (χ2v) is 4.90. The average molecular weight is 355 g/mol. The molecule has 0 bridgehead atoms. The zero-order valence-electron chi connectivity index (χ0n) is 11.9. The molecule has 0 N–H and O–H groups in total. The first-order valence-electron chi connectivity index (χ1n) is 6.36. The SMILES string of the molecule is COc1cc(CBr)cc(OC)c1OCc1ccccc1F. The predicted molar refractivity (Wildman–Crippen MR) is 82.9 cm³/mol. The molecule has 2 rings (SSSR count). The van der Waals surface area contributed by atoms with Crippen molar-refractivity contribution in [2.45, 2.75) is 11.9 Å². The van der Waals surface area contributed by atoms with Crippen molar-refractivity contribution in [2.24, 2.45) is 0 Å². The summed E-state index contributed by atoms with van der Waals surface area (Å²) in [6, 6.07) is 10.2. The largest absolute Gasteiger partial charge is 0.493 e. The second kappa shape index (κ2) is 7.31. The molecule has 3 nitrogen and oxygen atoms in total. The van der Waals surface area contributed by atoms with Crippen molar-refractivity contribution in [1.82, 2.24) is 0 Å². The third-order valence-electron chi connectivity index (χ3n) is 3.00. The van der Waals surface area contributed by atoms with Gasteiger partial charge in [-0.25, -0.2) is 4.39 Å². The molecule has 2 aromatic carbocycles. The van der Waals surface area contributed by atoms with E-state index in [2.05, 4.69) is 15.9 Å². The summed E-state index contributed by atoms with van der Waals surface area (Å²) in [5.74, 6) is 1.28. The van der Waals surface area contributed by atoms with Crippen molar-refractivity contribution in [1.29, 1.82) is 0 Å². The fraction of sp³-hybridized carbons (Fsp3) is 0.250. The third kappa shape index (κ3) is 3.67. The fourth-order valence-electron chi connectivity index (χ4n) is 1.92. The Bertz CT molecular complexity index is 591. The van der Waals surface area contributed by atoms with Crippen LogP contribution in [0.4, 0.5) is 4.39 Å². The molecule has 0 radical (unpaired) electrons. The number of hydrogen-bond acceptors (Lipinski definition) is 3. The quantitative estimate of drug-likeness (QED) is 0.723. The van der Waals surface area contributed by atoms with Gasteiger partial charge in [0, 0.05) is 10.9 Å². The highest BCUT2D eigenvalue weighted by Crippen LogP contribution is 2.39. The van der Waals surface area contributed by atoms with E-state index in [-0.39, 0.29) is 12.4 Å². The zero-order valence-corrected chi connectivity index (χ0v) is 13.4. The lowest BCUT2D eigenvalue weighted by molar-refractivity contribution is 0.262. The van der Waals surface area contributed by atoms with Crippen LogP contribution >= 0.6 is 15.9 Å². The summed E-state index contributed by atoms with van der Waals surface area (Å²) < 4.78 is 30.0. The smallest absolute Gasteiger partial charge is 0.203 e. The van der Waals surface area contributed by atoms with Crippen LogP contribution in [0, 0.1) is 5.82 Å². The minimum atomic E-state index is -0.299. The third-order valence-corrected chi connectivity index (χ3v) is 3.65. The van der Waals surface area contributed by atoms with Gasteiger partial charge in [0.15, 0.2) is 11.5 Å². The average Bonchev–Trinajstić information content (AvgIpc) is 2.53. The van der Waals surface area contributed by atoms with E-state index < -0.39 is 0 Å². The first-order valence-corrected chi connectivity index (χ1v) is 7.48. The number of methoxy groups -OCH3 is 2. The molecular weight excluding hydrogens is 339 g/mol. The molecule has 0 fully saturated rings. The Balaban J connectivity index is 2.28. The van der Waals surface area contributed by atoms with Crippen LogP contribution in [0.5, 0.6) is 17.2 Å². The summed E-state index contributed by atoms with van der Waals surface area (Å²) in [6.07, 6.45) is 0. The van der Waals surface area contributed by atoms with Gasteiger partial charge in [0.1, 0.15) is 12.4 Å². The number of halogens is 2. The van der Waals surface area contributed by atoms with Crippen molar-refractivity contribution in [2.75, 3.05) is 14.2 Å². The minimum absolute atomic E-state index is 0.104. The maximum Gasteiger partial charge on any atom is 0.203 e. The van der Waals surface area contributed by atoms with Crippen molar-refractivity contribution < 1.29 is 18.6 Å². The molecule has 0 atom stereocenters. The van der Waals surface area contributed by atoms with Gasteiger partial charge in [0.2, 0.25) is 5.75 Å². The van der Waals surface area contributed by atoms with E-state index in [1.165, 1.54) is 6.07 Å². The van der Waals surface area contributed by atoms with Gasteiger partial charge in [-0.2, -0.15) is 0 Å². The number of rotatable bonds is 6. The first kappa shape index (κ1) is 15.6. The Morgan fingerprint density at radius 2 is 1.67 bits per heavy atom. The van der Waals surface area contributed by atoms with E-state index in [4.69, 9.17) is 14.2 Å². The van der Waals surface area contributed by atoms with Crippen LogP contribution in [0.2, 0.25) is 0 Å². The van der Waals surface area contributed by atoms with E-state index in [9.17, 15) is 4.39 Å². The maximum absolute atomic E-state index is 13.6. The predicted octanol–water partition coefficient (Wildman–Crippen LogP) is 4.32. The molecule has 0 amide bonds. The maximum atomic E-state index is 13.6. The standard InChI is InChI=1S/C16H16BrFO3/c1-19-14-7-11(9-17)8-15(20-2)16(14)21-10-12-5-3-4-6-13(12)18/h3-8H,9-10H2,1-2H3. The molecule has 0 unspecified atom stereocenters. The van der Waals surface area contributed by atoms with E-state index in [0.29, 0.717) is 28.1 Å². The number of ether oxygens (including phenoxy) is 3. The summed E-state index contributed by atoms with van der Waals surface area (Å²) in [5.41, 5.74) is 1.48. The van der Waals surface area contributed by atoms with Crippen LogP contribution in [0.1, 0.15) is 11.1 Å². The van der Waals surface area contributed by atoms with E-state index >= 15 is 0 Å². The number of hydrogen-bond donors (Lipinski definition) is 0. The van der Waals surface area contributed by atoms with Gasteiger partial charge in [-0.05, 0) is 23.8 Å². The lowest BCUT2D eigenvalue weighted by Gasteiger charge is -2.16. The molecular formula is C16H16BrFO3. The summed E-state index contributed by atoms with van der Waals surface area (Å²) in [5, 5.41) is 0.674. The fourth-order valence-corrected chi connectivity index (χ4v) is 2.24. The Labute approximate surface area is 131 Å². The lowest BCUT2D eigenvalue weighted by atomic mass is 10.2. The summed E-state index contributed by atoms with van der Waals surface area (Å²) in [4.78, 5) is 0. The molecule has 0 spiro atoms. The molecule has 0 aliphatic rings. The summed E-state index contributed by atoms with van der Waals surface area (Å²) in [6.45, 7) is 0.104. The summed E-state index contributed by atoms with van der Waals surface area (Å²) in [7, 11) is 3.12. The number of benzene rings is 2. The molecule has 112 valence electrons. The molecule has 5 heteroatoms. The topological polar surface area (TPSA) is 27.7 Å². The normalized spacial score (nSPS) is 10.3. The highest BCUT2D eigenvalue weighted by atomic mass is 79.9. The van der Waals surface area contributed by atoms with Gasteiger partial charge in [-0.15, -0.1) is 0 Å². The lowest BCUT2D eigenvalue weighted by Crippen LogP contribution is -2.02. The molecule has 0 heterocycles. The molecule has 0 saturated carbocycles. The Hall–Kier alpha value is -1.75. The van der Waals surface area contributed by atoms with E-state index in [1.54, 1.807) is 32.4 Å². The zero-order chi connectivity index (χ0) is 15.2. The van der Waals surface area contributed by atoms with Crippen molar-refractivity contribution in [3.8, 4) is 17.2 Å². The Kier molecular flexibility index (Phi) is 5.44. The van der Waals surface area contributed by atoms with E-state index in [1.807, 2.05) is 12.1 Å². The molecule has 0 saturated heterocycles. The summed E-state index contributed by atoms with van der Waals surface area (Å²) >= 11 is 3.39. The van der Waals surface area contributed by atoms with Crippen LogP contribution in [0.3, 0.4) is 0 Å². The van der Waals surface area contributed by atoms with Gasteiger partial charge >= 0.3 is 0 Å². The molecule has 0 aliphatic carbocycles. The van der Waals surface area contributed by atoms with E-state index in [0.717, 1.165) is 5.56 Å². The van der Waals surface area contributed by atoms with Gasteiger partial charge in [-0.1, -0.05) is 34.1 Å². The van der Waals surface area contributed by atoms with Gasteiger partial charge in [-0.3, -0.25) is 0 Å². The molecule has 21 heavy (non-hydrogen) atoms. The van der Waals surface area contributed by atoms with Crippen LogP contribution in [-0.2, 0) is 11.9 Å².